The number of hydrogen-bond donors (Lipinski definition) is 0. The Hall–Kier alpha value is -0.260. The number of carbonyl (C=O) groups excluding carboxylic acids is 1. The van der Waals surface area contributed by atoms with Crippen LogP contribution in [-0.2, 0) is 30.5 Å². The van der Waals surface area contributed by atoms with Crippen molar-refractivity contribution in [3.8, 4) is 0 Å². The molecule has 0 bridgehead atoms. The van der Waals surface area contributed by atoms with E-state index in [1.807, 2.05) is 0 Å². The van der Waals surface area contributed by atoms with Crippen LogP contribution in [0.1, 0.15) is 26.2 Å². The van der Waals surface area contributed by atoms with Gasteiger partial charge < -0.3 is 9.29 Å². The Morgan fingerprint density at radius 2 is 2.43 bits per heavy atom. The SMILES string of the molecule is C=CCC(CCC(=O)OCC)S([O-])=S. The summed E-state index contributed by atoms with van der Waals surface area (Å²) in [6.07, 6.45) is 3.02. The number of ether oxygens (including phenoxy) is 1. The van der Waals surface area contributed by atoms with Crippen molar-refractivity contribution in [1.82, 2.24) is 0 Å². The van der Waals surface area contributed by atoms with Gasteiger partial charge in [0.2, 0.25) is 0 Å². The maximum Gasteiger partial charge on any atom is 0.305 e. The summed E-state index contributed by atoms with van der Waals surface area (Å²) in [5.74, 6) is -0.262. The first kappa shape index (κ1) is 13.7. The molecule has 0 heterocycles. The van der Waals surface area contributed by atoms with Crippen molar-refractivity contribution < 1.29 is 14.1 Å². The van der Waals surface area contributed by atoms with E-state index in [-0.39, 0.29) is 17.6 Å². The average molecular weight is 235 g/mol. The van der Waals surface area contributed by atoms with Gasteiger partial charge in [-0.3, -0.25) is 4.79 Å². The number of hydrogen-bond acceptors (Lipinski definition) is 4. The third kappa shape index (κ3) is 6.23. The molecule has 0 aliphatic rings. The summed E-state index contributed by atoms with van der Waals surface area (Å²) in [4.78, 5) is 11.0. The zero-order chi connectivity index (χ0) is 11.0. The van der Waals surface area contributed by atoms with Gasteiger partial charge in [-0.25, -0.2) is 9.74 Å². The summed E-state index contributed by atoms with van der Waals surface area (Å²) in [6, 6.07) is 0. The molecule has 0 saturated carbocycles. The van der Waals surface area contributed by atoms with Gasteiger partial charge >= 0.3 is 5.97 Å². The van der Waals surface area contributed by atoms with Gasteiger partial charge in [0.15, 0.2) is 0 Å². The Bertz CT molecular complexity index is 216. The molecule has 2 unspecified atom stereocenters. The quantitative estimate of drug-likeness (QED) is 0.495. The van der Waals surface area contributed by atoms with Gasteiger partial charge in [0.25, 0.3) is 0 Å². The largest absolute Gasteiger partial charge is 0.794 e. The van der Waals surface area contributed by atoms with Gasteiger partial charge in [0.1, 0.15) is 0 Å². The van der Waals surface area contributed by atoms with Crippen molar-refractivity contribution >= 4 is 26.9 Å². The van der Waals surface area contributed by atoms with Crippen LogP contribution < -0.4 is 0 Å². The molecule has 0 amide bonds. The predicted molar refractivity (Wildman–Crippen MR) is 60.0 cm³/mol. The smallest absolute Gasteiger partial charge is 0.305 e. The van der Waals surface area contributed by atoms with E-state index in [0.29, 0.717) is 19.4 Å². The van der Waals surface area contributed by atoms with E-state index in [9.17, 15) is 9.35 Å². The maximum absolute atomic E-state index is 11.0. The Morgan fingerprint density at radius 1 is 1.79 bits per heavy atom. The highest BCUT2D eigenvalue weighted by molar-refractivity contribution is 8.26. The number of rotatable bonds is 7. The van der Waals surface area contributed by atoms with E-state index in [1.54, 1.807) is 13.0 Å². The van der Waals surface area contributed by atoms with Crippen LogP contribution in [0, 0.1) is 0 Å². The third-order valence-electron chi connectivity index (χ3n) is 1.68. The minimum atomic E-state index is -1.32. The molecule has 0 N–H and O–H groups in total. The Balaban J connectivity index is 3.87. The summed E-state index contributed by atoms with van der Waals surface area (Å²) in [5, 5.41) is -0.160. The molecule has 0 aliphatic carbocycles. The molecular formula is C9H15O3S2-. The van der Waals surface area contributed by atoms with Crippen molar-refractivity contribution in [1.29, 1.82) is 0 Å². The molecule has 0 aromatic carbocycles. The van der Waals surface area contributed by atoms with Gasteiger partial charge in [0.05, 0.1) is 6.61 Å². The van der Waals surface area contributed by atoms with E-state index < -0.39 is 9.74 Å². The van der Waals surface area contributed by atoms with E-state index in [2.05, 4.69) is 17.8 Å². The first-order chi connectivity index (χ1) is 6.61. The summed E-state index contributed by atoms with van der Waals surface area (Å²) in [7, 11) is -1.32. The summed E-state index contributed by atoms with van der Waals surface area (Å²) < 4.78 is 15.8. The molecule has 0 spiro atoms. The van der Waals surface area contributed by atoms with Crippen molar-refractivity contribution in [2.24, 2.45) is 0 Å². The van der Waals surface area contributed by atoms with E-state index in [4.69, 9.17) is 4.74 Å². The maximum atomic E-state index is 11.0. The lowest BCUT2D eigenvalue weighted by atomic mass is 10.2. The molecule has 14 heavy (non-hydrogen) atoms. The fourth-order valence-corrected chi connectivity index (χ4v) is 2.12. The molecule has 0 fully saturated rings. The summed E-state index contributed by atoms with van der Waals surface area (Å²) in [6.45, 7) is 5.68. The fraction of sp³-hybridized carbons (Fsp3) is 0.667. The lowest BCUT2D eigenvalue weighted by Gasteiger charge is -2.20. The molecular weight excluding hydrogens is 220 g/mol. The second kappa shape index (κ2) is 8.08. The number of allylic oxidation sites excluding steroid dienone is 1. The van der Waals surface area contributed by atoms with Crippen LogP contribution in [0.15, 0.2) is 12.7 Å². The minimum Gasteiger partial charge on any atom is -0.794 e. The van der Waals surface area contributed by atoms with E-state index >= 15 is 0 Å². The molecule has 2 atom stereocenters. The lowest BCUT2D eigenvalue weighted by Crippen LogP contribution is -2.16. The highest BCUT2D eigenvalue weighted by Crippen LogP contribution is 2.10. The Kier molecular flexibility index (Phi) is 7.93. The van der Waals surface area contributed by atoms with E-state index in [1.165, 1.54) is 0 Å². The van der Waals surface area contributed by atoms with Gasteiger partial charge in [-0.2, -0.15) is 0 Å². The molecule has 0 saturated heterocycles. The molecule has 0 aromatic rings. The third-order valence-corrected chi connectivity index (χ3v) is 3.47. The van der Waals surface area contributed by atoms with Crippen LogP contribution in [0.5, 0.6) is 0 Å². The van der Waals surface area contributed by atoms with Crippen LogP contribution in [0.2, 0.25) is 0 Å². The minimum absolute atomic E-state index is 0.160. The van der Waals surface area contributed by atoms with Crippen molar-refractivity contribution in [2.75, 3.05) is 6.61 Å². The summed E-state index contributed by atoms with van der Waals surface area (Å²) in [5.41, 5.74) is 0. The molecule has 3 nitrogen and oxygen atoms in total. The van der Waals surface area contributed by atoms with Gasteiger partial charge in [0, 0.05) is 6.42 Å². The van der Waals surface area contributed by atoms with Crippen LogP contribution >= 0.6 is 0 Å². The van der Waals surface area contributed by atoms with Gasteiger partial charge in [-0.15, -0.1) is 6.58 Å². The highest BCUT2D eigenvalue weighted by Gasteiger charge is 2.08. The van der Waals surface area contributed by atoms with Crippen LogP contribution in [-0.4, -0.2) is 22.4 Å². The fourth-order valence-electron chi connectivity index (χ4n) is 0.991. The normalized spacial score (nSPS) is 14.4. The first-order valence-electron chi connectivity index (χ1n) is 4.46. The second-order valence-corrected chi connectivity index (χ2v) is 4.92. The predicted octanol–water partition coefficient (Wildman–Crippen LogP) is 1.49. The molecule has 0 aromatic heterocycles. The highest BCUT2D eigenvalue weighted by atomic mass is 32.8. The second-order valence-electron chi connectivity index (χ2n) is 2.75. The van der Waals surface area contributed by atoms with Crippen LogP contribution in [0.4, 0.5) is 0 Å². The molecule has 5 heteroatoms. The Labute approximate surface area is 91.9 Å². The topological polar surface area (TPSA) is 49.4 Å². The van der Waals surface area contributed by atoms with Crippen molar-refractivity contribution in [2.45, 2.75) is 31.4 Å². The zero-order valence-electron chi connectivity index (χ0n) is 8.23. The lowest BCUT2D eigenvalue weighted by molar-refractivity contribution is -0.143. The summed E-state index contributed by atoms with van der Waals surface area (Å²) >= 11 is 4.65. The Morgan fingerprint density at radius 3 is 2.86 bits per heavy atom. The van der Waals surface area contributed by atoms with Gasteiger partial charge in [-0.05, 0) is 25.0 Å². The monoisotopic (exact) mass is 235 g/mol. The van der Waals surface area contributed by atoms with Crippen molar-refractivity contribution in [3.63, 3.8) is 0 Å². The number of esters is 1. The zero-order valence-corrected chi connectivity index (χ0v) is 9.86. The number of carbonyl (C=O) groups is 1. The average Bonchev–Trinajstić information content (AvgIpc) is 2.12. The molecule has 82 valence electrons. The van der Waals surface area contributed by atoms with Crippen molar-refractivity contribution in [3.05, 3.63) is 12.7 Å². The standard InChI is InChI=1S/C9H16O3S2/c1-3-5-8(14(11)13)6-7-9(10)12-4-2/h3,8H,1,4-7H2,2H3,(H,11,13)/p-1. The molecule has 0 radical (unpaired) electrons. The van der Waals surface area contributed by atoms with E-state index in [0.717, 1.165) is 0 Å². The molecule has 0 rings (SSSR count). The van der Waals surface area contributed by atoms with Crippen LogP contribution in [0.25, 0.3) is 0 Å². The molecule has 0 aliphatic heterocycles. The first-order valence-corrected chi connectivity index (χ1v) is 6.60. The van der Waals surface area contributed by atoms with Gasteiger partial charge in [-0.1, -0.05) is 17.3 Å². The van der Waals surface area contributed by atoms with Crippen LogP contribution in [0.3, 0.4) is 0 Å².